The maximum absolute atomic E-state index is 9.34. The maximum Gasteiger partial charge on any atom is 0.108 e. The minimum absolute atomic E-state index is 0.494. The fourth-order valence-electron chi connectivity index (χ4n) is 0.610. The molecule has 0 aliphatic rings. The molecule has 0 saturated carbocycles. The van der Waals surface area contributed by atoms with E-state index in [1.54, 1.807) is 13.8 Å². The number of hydrogen-bond acceptors (Lipinski definition) is 2. The molecule has 0 amide bonds. The smallest absolute Gasteiger partial charge is 0.108 e. The quantitative estimate of drug-likeness (QED) is 0.552. The number of aliphatic hydroxyl groups excluding tert-OH is 1. The van der Waals surface area contributed by atoms with E-state index in [4.69, 9.17) is 5.11 Å². The van der Waals surface area contributed by atoms with Gasteiger partial charge in [0.15, 0.2) is 0 Å². The summed E-state index contributed by atoms with van der Waals surface area (Å²) >= 11 is 0. The van der Waals surface area contributed by atoms with E-state index < -0.39 is 11.7 Å². The van der Waals surface area contributed by atoms with Gasteiger partial charge in [0.2, 0.25) is 0 Å². The fourth-order valence-corrected chi connectivity index (χ4v) is 0.610. The average molecular weight is 130 g/mol. The van der Waals surface area contributed by atoms with E-state index in [9.17, 15) is 5.11 Å². The van der Waals surface area contributed by atoms with Gasteiger partial charge in [0.25, 0.3) is 0 Å². The van der Waals surface area contributed by atoms with Gasteiger partial charge in [0.1, 0.15) is 5.60 Å². The third kappa shape index (κ3) is 1.80. The van der Waals surface area contributed by atoms with Gasteiger partial charge in [-0.1, -0.05) is 13.0 Å². The standard InChI is InChI=1S/C7H14O2/c1-4-7(9,5-2)6(3)8/h4,6,8-9H,1,5H2,2-3H3. The molecule has 0 radical (unpaired) electrons. The van der Waals surface area contributed by atoms with Gasteiger partial charge in [-0.25, -0.2) is 0 Å². The molecule has 0 aromatic carbocycles. The van der Waals surface area contributed by atoms with Crippen molar-refractivity contribution in [1.82, 2.24) is 0 Å². The van der Waals surface area contributed by atoms with Crippen molar-refractivity contribution in [3.63, 3.8) is 0 Å². The van der Waals surface area contributed by atoms with Gasteiger partial charge in [-0.3, -0.25) is 0 Å². The lowest BCUT2D eigenvalue weighted by Gasteiger charge is -2.25. The normalized spacial score (nSPS) is 20.4. The molecule has 0 fully saturated rings. The molecule has 2 heteroatoms. The molecular formula is C7H14O2. The Bertz CT molecular complexity index is 99.1. The fraction of sp³-hybridized carbons (Fsp3) is 0.714. The Morgan fingerprint density at radius 1 is 1.78 bits per heavy atom. The van der Waals surface area contributed by atoms with Crippen molar-refractivity contribution in [2.24, 2.45) is 0 Å². The van der Waals surface area contributed by atoms with Crippen LogP contribution in [0, 0.1) is 0 Å². The molecule has 0 rings (SSSR count). The highest BCUT2D eigenvalue weighted by molar-refractivity contribution is 4.98. The minimum atomic E-state index is -1.10. The third-order valence-electron chi connectivity index (χ3n) is 1.64. The van der Waals surface area contributed by atoms with Gasteiger partial charge in [-0.15, -0.1) is 6.58 Å². The predicted molar refractivity (Wildman–Crippen MR) is 37.1 cm³/mol. The highest BCUT2D eigenvalue weighted by atomic mass is 16.3. The molecule has 2 atom stereocenters. The molecule has 0 aliphatic carbocycles. The van der Waals surface area contributed by atoms with Crippen LogP contribution in [0.4, 0.5) is 0 Å². The zero-order chi connectivity index (χ0) is 7.49. The Kier molecular flexibility index (Phi) is 2.88. The first-order valence-corrected chi connectivity index (χ1v) is 3.11. The van der Waals surface area contributed by atoms with Gasteiger partial charge in [0.05, 0.1) is 6.10 Å². The van der Waals surface area contributed by atoms with Crippen molar-refractivity contribution >= 4 is 0 Å². The van der Waals surface area contributed by atoms with Crippen LogP contribution in [-0.4, -0.2) is 21.9 Å². The molecule has 2 unspecified atom stereocenters. The summed E-state index contributed by atoms with van der Waals surface area (Å²) in [5.41, 5.74) is -1.10. The first-order chi connectivity index (χ1) is 4.06. The van der Waals surface area contributed by atoms with E-state index in [1.165, 1.54) is 6.08 Å². The summed E-state index contributed by atoms with van der Waals surface area (Å²) in [6.45, 7) is 6.76. The first kappa shape index (κ1) is 8.66. The largest absolute Gasteiger partial charge is 0.390 e. The first-order valence-electron chi connectivity index (χ1n) is 3.11. The van der Waals surface area contributed by atoms with Crippen LogP contribution in [-0.2, 0) is 0 Å². The molecular weight excluding hydrogens is 116 g/mol. The Balaban J connectivity index is 4.08. The second kappa shape index (κ2) is 2.99. The highest BCUT2D eigenvalue weighted by Gasteiger charge is 2.25. The van der Waals surface area contributed by atoms with E-state index in [0.717, 1.165) is 0 Å². The van der Waals surface area contributed by atoms with E-state index >= 15 is 0 Å². The second-order valence-electron chi connectivity index (χ2n) is 2.22. The molecule has 0 aromatic heterocycles. The van der Waals surface area contributed by atoms with Crippen LogP contribution in [0.15, 0.2) is 12.7 Å². The van der Waals surface area contributed by atoms with Crippen molar-refractivity contribution in [2.45, 2.75) is 32.0 Å². The number of rotatable bonds is 3. The van der Waals surface area contributed by atoms with Gasteiger partial charge in [-0.05, 0) is 13.3 Å². The summed E-state index contributed by atoms with van der Waals surface area (Å²) in [4.78, 5) is 0. The van der Waals surface area contributed by atoms with Crippen molar-refractivity contribution in [3.8, 4) is 0 Å². The molecule has 0 saturated heterocycles. The zero-order valence-corrected chi connectivity index (χ0v) is 5.96. The Labute approximate surface area is 55.8 Å². The molecule has 0 bridgehead atoms. The predicted octanol–water partition coefficient (Wildman–Crippen LogP) is 0.694. The number of hydrogen-bond donors (Lipinski definition) is 2. The van der Waals surface area contributed by atoms with Gasteiger partial charge in [-0.2, -0.15) is 0 Å². The lowest BCUT2D eigenvalue weighted by Crippen LogP contribution is -2.37. The minimum Gasteiger partial charge on any atom is -0.390 e. The van der Waals surface area contributed by atoms with Crippen molar-refractivity contribution in [1.29, 1.82) is 0 Å². The Morgan fingerprint density at radius 2 is 2.22 bits per heavy atom. The molecule has 9 heavy (non-hydrogen) atoms. The molecule has 2 N–H and O–H groups in total. The Hall–Kier alpha value is -0.340. The van der Waals surface area contributed by atoms with Crippen LogP contribution in [0.25, 0.3) is 0 Å². The summed E-state index contributed by atoms with van der Waals surface area (Å²) in [7, 11) is 0. The summed E-state index contributed by atoms with van der Waals surface area (Å²) in [6.07, 6.45) is 1.13. The molecule has 0 aromatic rings. The molecule has 0 aliphatic heterocycles. The zero-order valence-electron chi connectivity index (χ0n) is 5.96. The number of aliphatic hydroxyl groups is 2. The van der Waals surface area contributed by atoms with E-state index in [1.807, 2.05) is 0 Å². The van der Waals surface area contributed by atoms with Crippen LogP contribution >= 0.6 is 0 Å². The second-order valence-corrected chi connectivity index (χ2v) is 2.22. The molecule has 54 valence electrons. The summed E-state index contributed by atoms with van der Waals surface area (Å²) < 4.78 is 0. The highest BCUT2D eigenvalue weighted by Crippen LogP contribution is 2.15. The van der Waals surface area contributed by atoms with Crippen LogP contribution in [0.1, 0.15) is 20.3 Å². The van der Waals surface area contributed by atoms with Crippen LogP contribution in [0.2, 0.25) is 0 Å². The van der Waals surface area contributed by atoms with Gasteiger partial charge < -0.3 is 10.2 Å². The molecule has 0 heterocycles. The lowest BCUT2D eigenvalue weighted by molar-refractivity contribution is -0.0312. The summed E-state index contributed by atoms with van der Waals surface area (Å²) in [6, 6.07) is 0. The van der Waals surface area contributed by atoms with Crippen molar-refractivity contribution in [3.05, 3.63) is 12.7 Å². The topological polar surface area (TPSA) is 40.5 Å². The maximum atomic E-state index is 9.34. The van der Waals surface area contributed by atoms with E-state index in [2.05, 4.69) is 6.58 Å². The Morgan fingerprint density at radius 3 is 2.22 bits per heavy atom. The monoisotopic (exact) mass is 130 g/mol. The SMILES string of the molecule is C=CC(O)(CC)C(C)O. The summed E-state index contributed by atoms with van der Waals surface area (Å²) in [5, 5.41) is 18.3. The lowest BCUT2D eigenvalue weighted by atomic mass is 9.95. The van der Waals surface area contributed by atoms with E-state index in [0.29, 0.717) is 6.42 Å². The van der Waals surface area contributed by atoms with Crippen LogP contribution in [0.3, 0.4) is 0 Å². The van der Waals surface area contributed by atoms with Gasteiger partial charge >= 0.3 is 0 Å². The summed E-state index contributed by atoms with van der Waals surface area (Å²) in [5.74, 6) is 0. The third-order valence-corrected chi connectivity index (χ3v) is 1.64. The van der Waals surface area contributed by atoms with Gasteiger partial charge in [0, 0.05) is 0 Å². The average Bonchev–Trinajstić information content (AvgIpc) is 1.86. The molecule has 0 spiro atoms. The van der Waals surface area contributed by atoms with Crippen molar-refractivity contribution in [2.75, 3.05) is 0 Å². The van der Waals surface area contributed by atoms with Crippen LogP contribution in [0.5, 0.6) is 0 Å². The van der Waals surface area contributed by atoms with Crippen LogP contribution < -0.4 is 0 Å². The van der Waals surface area contributed by atoms with Crippen molar-refractivity contribution < 1.29 is 10.2 Å². The van der Waals surface area contributed by atoms with E-state index in [-0.39, 0.29) is 0 Å². The molecule has 2 nitrogen and oxygen atoms in total.